The van der Waals surface area contributed by atoms with Gasteiger partial charge in [-0.05, 0) is 50.1 Å². The van der Waals surface area contributed by atoms with Gasteiger partial charge >= 0.3 is 5.91 Å². The van der Waals surface area contributed by atoms with Crippen molar-refractivity contribution in [3.05, 3.63) is 53.0 Å². The number of ether oxygens (including phenoxy) is 2. The van der Waals surface area contributed by atoms with Gasteiger partial charge in [-0.3, -0.25) is 20.4 Å². The molecule has 25 heavy (non-hydrogen) atoms. The Bertz CT molecular complexity index is 754. The summed E-state index contributed by atoms with van der Waals surface area (Å²) in [5, 5.41) is 0. The zero-order chi connectivity index (χ0) is 18.4. The molecule has 0 fully saturated rings. The Morgan fingerprint density at radius 2 is 1.92 bits per heavy atom. The van der Waals surface area contributed by atoms with Crippen LogP contribution in [0.4, 0.5) is 0 Å². The van der Waals surface area contributed by atoms with E-state index in [-0.39, 0.29) is 12.4 Å². The summed E-state index contributed by atoms with van der Waals surface area (Å²) in [6, 6.07) is 8.76. The van der Waals surface area contributed by atoms with Crippen molar-refractivity contribution in [3.63, 3.8) is 0 Å². The molecular weight excluding hydrogens is 324 g/mol. The van der Waals surface area contributed by atoms with E-state index in [1.807, 2.05) is 26.0 Å². The van der Waals surface area contributed by atoms with E-state index in [9.17, 15) is 9.59 Å². The summed E-state index contributed by atoms with van der Waals surface area (Å²) < 4.78 is 15.9. The molecule has 0 spiro atoms. The van der Waals surface area contributed by atoms with Gasteiger partial charge in [0.1, 0.15) is 18.1 Å². The number of amides is 2. The van der Waals surface area contributed by atoms with E-state index in [2.05, 4.69) is 10.9 Å². The number of carbonyl (C=O) groups is 2. The molecule has 134 valence electrons. The van der Waals surface area contributed by atoms with E-state index in [1.54, 1.807) is 19.1 Å². The minimum absolute atomic E-state index is 0.0791. The monoisotopic (exact) mass is 346 g/mol. The molecule has 2 amide bonds. The third-order valence-electron chi connectivity index (χ3n) is 3.70. The number of nitrogens with one attached hydrogen (secondary N) is 2. The second-order valence-electron chi connectivity index (χ2n) is 5.60. The fourth-order valence-electron chi connectivity index (χ4n) is 2.10. The molecule has 0 radical (unpaired) electrons. The van der Waals surface area contributed by atoms with Crippen molar-refractivity contribution in [1.82, 2.24) is 10.9 Å². The average Bonchev–Trinajstić information content (AvgIpc) is 3.05. The van der Waals surface area contributed by atoms with Crippen molar-refractivity contribution < 1.29 is 23.5 Å². The second-order valence-corrected chi connectivity index (χ2v) is 5.60. The molecule has 0 saturated carbocycles. The fraction of sp³-hybridized carbons (Fsp3) is 0.333. The standard InChI is InChI=1S/C18H22N2O5/c1-11-6-5-7-15(12(11)2)24-13(3)17(21)19-20-18(22)16-9-8-14(25-16)10-23-4/h5-9,13H,10H2,1-4H3,(H,19,21)(H,20,22). The summed E-state index contributed by atoms with van der Waals surface area (Å²) in [6.07, 6.45) is -0.776. The molecule has 1 aromatic carbocycles. The number of aryl methyl sites for hydroxylation is 1. The van der Waals surface area contributed by atoms with Gasteiger partial charge < -0.3 is 13.9 Å². The largest absolute Gasteiger partial charge is 0.481 e. The highest BCUT2D eigenvalue weighted by atomic mass is 16.5. The van der Waals surface area contributed by atoms with Crippen molar-refractivity contribution >= 4 is 11.8 Å². The minimum atomic E-state index is -0.776. The van der Waals surface area contributed by atoms with Crippen LogP contribution in [0.5, 0.6) is 5.75 Å². The Morgan fingerprint density at radius 1 is 1.16 bits per heavy atom. The molecular formula is C18H22N2O5. The van der Waals surface area contributed by atoms with Gasteiger partial charge in [0.05, 0.1) is 0 Å². The van der Waals surface area contributed by atoms with E-state index in [1.165, 1.54) is 13.2 Å². The highest BCUT2D eigenvalue weighted by Gasteiger charge is 2.18. The van der Waals surface area contributed by atoms with Crippen LogP contribution in [0.1, 0.15) is 34.4 Å². The molecule has 1 aromatic heterocycles. The summed E-state index contributed by atoms with van der Waals surface area (Å²) in [7, 11) is 1.53. The van der Waals surface area contributed by atoms with Gasteiger partial charge in [0.15, 0.2) is 11.9 Å². The van der Waals surface area contributed by atoms with Crippen LogP contribution in [-0.2, 0) is 16.1 Å². The van der Waals surface area contributed by atoms with Crippen molar-refractivity contribution in [2.45, 2.75) is 33.5 Å². The van der Waals surface area contributed by atoms with E-state index in [0.29, 0.717) is 11.5 Å². The van der Waals surface area contributed by atoms with Crippen LogP contribution in [0, 0.1) is 13.8 Å². The molecule has 1 unspecified atom stereocenters. The maximum absolute atomic E-state index is 12.1. The first kappa shape index (κ1) is 18.5. The van der Waals surface area contributed by atoms with E-state index in [4.69, 9.17) is 13.9 Å². The molecule has 0 aliphatic heterocycles. The van der Waals surface area contributed by atoms with Gasteiger partial charge in [0.2, 0.25) is 0 Å². The predicted octanol–water partition coefficient (Wildman–Crippen LogP) is 2.27. The molecule has 1 atom stereocenters. The van der Waals surface area contributed by atoms with Crippen molar-refractivity contribution in [2.75, 3.05) is 7.11 Å². The first-order valence-corrected chi connectivity index (χ1v) is 7.83. The summed E-state index contributed by atoms with van der Waals surface area (Å²) in [4.78, 5) is 24.0. The summed E-state index contributed by atoms with van der Waals surface area (Å²) >= 11 is 0. The number of hydrogen-bond acceptors (Lipinski definition) is 5. The van der Waals surface area contributed by atoms with E-state index >= 15 is 0 Å². The normalized spacial score (nSPS) is 11.7. The van der Waals surface area contributed by atoms with Gasteiger partial charge in [0, 0.05) is 7.11 Å². The molecule has 1 heterocycles. The topological polar surface area (TPSA) is 89.8 Å². The molecule has 2 rings (SSSR count). The lowest BCUT2D eigenvalue weighted by molar-refractivity contribution is -0.128. The number of furan rings is 1. The fourth-order valence-corrected chi connectivity index (χ4v) is 2.10. The summed E-state index contributed by atoms with van der Waals surface area (Å²) in [5.74, 6) is 0.192. The zero-order valence-corrected chi connectivity index (χ0v) is 14.7. The van der Waals surface area contributed by atoms with Crippen molar-refractivity contribution in [3.8, 4) is 5.75 Å². The van der Waals surface area contributed by atoms with Crippen LogP contribution in [0.15, 0.2) is 34.7 Å². The van der Waals surface area contributed by atoms with Crippen molar-refractivity contribution in [1.29, 1.82) is 0 Å². The van der Waals surface area contributed by atoms with Crippen LogP contribution in [0.2, 0.25) is 0 Å². The number of rotatable bonds is 6. The Balaban J connectivity index is 1.88. The molecule has 7 nitrogen and oxygen atoms in total. The third kappa shape index (κ3) is 4.84. The number of methoxy groups -OCH3 is 1. The zero-order valence-electron chi connectivity index (χ0n) is 14.7. The number of carbonyl (C=O) groups excluding carboxylic acids is 2. The van der Waals surface area contributed by atoms with Crippen LogP contribution >= 0.6 is 0 Å². The van der Waals surface area contributed by atoms with Crippen molar-refractivity contribution in [2.24, 2.45) is 0 Å². The average molecular weight is 346 g/mol. The molecule has 0 aliphatic carbocycles. The first-order chi connectivity index (χ1) is 11.9. The molecule has 2 aromatic rings. The second kappa shape index (κ2) is 8.34. The Hall–Kier alpha value is -2.80. The molecule has 0 bridgehead atoms. The smallest absolute Gasteiger partial charge is 0.305 e. The minimum Gasteiger partial charge on any atom is -0.481 e. The number of benzene rings is 1. The van der Waals surface area contributed by atoms with Crippen LogP contribution in [0.25, 0.3) is 0 Å². The lowest BCUT2D eigenvalue weighted by Gasteiger charge is -2.17. The summed E-state index contributed by atoms with van der Waals surface area (Å²) in [6.45, 7) is 5.76. The number of hydrogen-bond donors (Lipinski definition) is 2. The van der Waals surface area contributed by atoms with Gasteiger partial charge in [-0.1, -0.05) is 12.1 Å². The van der Waals surface area contributed by atoms with E-state index < -0.39 is 17.9 Å². The van der Waals surface area contributed by atoms with E-state index in [0.717, 1.165) is 11.1 Å². The lowest BCUT2D eigenvalue weighted by atomic mass is 10.1. The third-order valence-corrected chi connectivity index (χ3v) is 3.70. The highest BCUT2D eigenvalue weighted by Crippen LogP contribution is 2.21. The highest BCUT2D eigenvalue weighted by molar-refractivity contribution is 5.93. The predicted molar refractivity (Wildman–Crippen MR) is 91.0 cm³/mol. The van der Waals surface area contributed by atoms with Crippen LogP contribution < -0.4 is 15.6 Å². The molecule has 0 saturated heterocycles. The Labute approximate surface area is 146 Å². The number of hydrazine groups is 1. The summed E-state index contributed by atoms with van der Waals surface area (Å²) in [5.41, 5.74) is 6.65. The van der Waals surface area contributed by atoms with Crippen LogP contribution in [-0.4, -0.2) is 25.0 Å². The molecule has 7 heteroatoms. The Kier molecular flexibility index (Phi) is 6.19. The van der Waals surface area contributed by atoms with Gasteiger partial charge in [-0.2, -0.15) is 0 Å². The van der Waals surface area contributed by atoms with Gasteiger partial charge in [0.25, 0.3) is 5.91 Å². The molecule has 0 aliphatic rings. The maximum atomic E-state index is 12.1. The maximum Gasteiger partial charge on any atom is 0.305 e. The quantitative estimate of drug-likeness (QED) is 0.783. The first-order valence-electron chi connectivity index (χ1n) is 7.83. The molecule has 2 N–H and O–H groups in total. The van der Waals surface area contributed by atoms with Crippen LogP contribution in [0.3, 0.4) is 0 Å². The Morgan fingerprint density at radius 3 is 2.64 bits per heavy atom. The van der Waals surface area contributed by atoms with Gasteiger partial charge in [-0.25, -0.2) is 0 Å². The van der Waals surface area contributed by atoms with Gasteiger partial charge in [-0.15, -0.1) is 0 Å². The lowest BCUT2D eigenvalue weighted by Crippen LogP contribution is -2.47. The SMILES string of the molecule is COCc1ccc(C(=O)NNC(=O)C(C)Oc2cccc(C)c2C)o1.